The maximum absolute atomic E-state index is 12.4. The number of aromatic nitrogens is 2. The van der Waals surface area contributed by atoms with Crippen molar-refractivity contribution in [2.24, 2.45) is 5.92 Å². The second kappa shape index (κ2) is 8.48. The molecule has 0 atom stereocenters. The molecule has 0 aliphatic carbocycles. The van der Waals surface area contributed by atoms with Gasteiger partial charge in [-0.25, -0.2) is 0 Å². The Morgan fingerprint density at radius 3 is 2.62 bits per heavy atom. The number of carbonyl (C=O) groups excluding carboxylic acids is 1. The fourth-order valence-corrected chi connectivity index (χ4v) is 2.71. The maximum atomic E-state index is 12.4. The van der Waals surface area contributed by atoms with Gasteiger partial charge in [0.2, 0.25) is 0 Å². The molecule has 1 heterocycles. The Bertz CT molecular complexity index is 683. The van der Waals surface area contributed by atoms with E-state index in [0.29, 0.717) is 18.0 Å². The normalized spacial score (nSPS) is 10.8. The molecule has 0 saturated heterocycles. The molecule has 0 radical (unpaired) electrons. The van der Waals surface area contributed by atoms with E-state index in [2.05, 4.69) is 49.9 Å². The zero-order valence-corrected chi connectivity index (χ0v) is 14.9. The van der Waals surface area contributed by atoms with Crippen molar-refractivity contribution in [3.05, 3.63) is 59.4 Å². The van der Waals surface area contributed by atoms with Crippen molar-refractivity contribution in [1.29, 1.82) is 0 Å². The molecular weight excluding hydrogens is 298 g/mol. The molecule has 2 aromatic rings. The van der Waals surface area contributed by atoms with Crippen LogP contribution >= 0.6 is 0 Å². The highest BCUT2D eigenvalue weighted by atomic mass is 16.1. The van der Waals surface area contributed by atoms with E-state index in [4.69, 9.17) is 0 Å². The van der Waals surface area contributed by atoms with Crippen LogP contribution in [-0.4, -0.2) is 22.2 Å². The number of rotatable bonds is 8. The van der Waals surface area contributed by atoms with Crippen LogP contribution in [0.15, 0.2) is 37.0 Å². The fourth-order valence-electron chi connectivity index (χ4n) is 2.71. The van der Waals surface area contributed by atoms with Crippen LogP contribution in [0.4, 0.5) is 0 Å². The summed E-state index contributed by atoms with van der Waals surface area (Å²) in [5.41, 5.74) is 4.01. The molecule has 2 rings (SSSR count). The molecule has 4 heteroatoms. The Labute approximate surface area is 144 Å². The van der Waals surface area contributed by atoms with Gasteiger partial charge in [-0.15, -0.1) is 0 Å². The predicted molar refractivity (Wildman–Crippen MR) is 99.0 cm³/mol. The lowest BCUT2D eigenvalue weighted by atomic mass is 10.1. The van der Waals surface area contributed by atoms with Gasteiger partial charge in [-0.2, -0.15) is 5.10 Å². The van der Waals surface area contributed by atoms with Crippen molar-refractivity contribution in [3.8, 4) is 0 Å². The molecule has 24 heavy (non-hydrogen) atoms. The van der Waals surface area contributed by atoms with Gasteiger partial charge < -0.3 is 5.32 Å². The van der Waals surface area contributed by atoms with E-state index >= 15 is 0 Å². The van der Waals surface area contributed by atoms with Crippen LogP contribution in [0.25, 0.3) is 6.08 Å². The highest BCUT2D eigenvalue weighted by molar-refractivity contribution is 5.95. The molecule has 0 bridgehead atoms. The topological polar surface area (TPSA) is 46.9 Å². The van der Waals surface area contributed by atoms with E-state index < -0.39 is 0 Å². The molecule has 1 aromatic heterocycles. The summed E-state index contributed by atoms with van der Waals surface area (Å²) in [6, 6.07) is 8.22. The molecule has 0 aliphatic heterocycles. The summed E-state index contributed by atoms with van der Waals surface area (Å²) < 4.78 is 1.95. The molecule has 0 spiro atoms. The second-order valence-corrected chi connectivity index (χ2v) is 6.39. The molecule has 0 unspecified atom stereocenters. The monoisotopic (exact) mass is 325 g/mol. The third-order valence-electron chi connectivity index (χ3n) is 3.98. The van der Waals surface area contributed by atoms with Crippen LogP contribution in [0, 0.1) is 5.92 Å². The number of carbonyl (C=O) groups is 1. The van der Waals surface area contributed by atoms with Crippen LogP contribution in [0.5, 0.6) is 0 Å². The van der Waals surface area contributed by atoms with E-state index in [9.17, 15) is 4.79 Å². The summed E-state index contributed by atoms with van der Waals surface area (Å²) in [6.45, 7) is 11.6. The number of nitrogens with zero attached hydrogens (tertiary/aromatic N) is 2. The number of nitrogens with one attached hydrogen (secondary N) is 1. The van der Waals surface area contributed by atoms with Gasteiger partial charge in [-0.3, -0.25) is 9.48 Å². The van der Waals surface area contributed by atoms with Crippen molar-refractivity contribution in [2.45, 2.75) is 40.2 Å². The van der Waals surface area contributed by atoms with Gasteiger partial charge in [0.05, 0.1) is 17.5 Å². The van der Waals surface area contributed by atoms with Gasteiger partial charge in [0.1, 0.15) is 0 Å². The second-order valence-electron chi connectivity index (χ2n) is 6.39. The van der Waals surface area contributed by atoms with E-state index in [-0.39, 0.29) is 5.91 Å². The van der Waals surface area contributed by atoms with Gasteiger partial charge in [0.15, 0.2) is 0 Å². The summed E-state index contributed by atoms with van der Waals surface area (Å²) in [5, 5.41) is 7.38. The predicted octanol–water partition coefficient (Wildman–Crippen LogP) is 3.72. The highest BCUT2D eigenvalue weighted by Gasteiger charge is 2.16. The molecule has 1 amide bonds. The summed E-state index contributed by atoms with van der Waals surface area (Å²) in [6.07, 6.45) is 5.13. The Balaban J connectivity index is 1.94. The Hall–Kier alpha value is -2.36. The lowest BCUT2D eigenvalue weighted by Crippen LogP contribution is -2.26. The van der Waals surface area contributed by atoms with E-state index in [1.165, 1.54) is 5.56 Å². The van der Waals surface area contributed by atoms with Crippen molar-refractivity contribution < 1.29 is 4.79 Å². The minimum absolute atomic E-state index is 0.0374. The Kier molecular flexibility index (Phi) is 6.36. The molecule has 0 aliphatic rings. The summed E-state index contributed by atoms with van der Waals surface area (Å²) in [5.74, 6) is 0.467. The minimum Gasteiger partial charge on any atom is -0.352 e. The van der Waals surface area contributed by atoms with Crippen LogP contribution < -0.4 is 5.32 Å². The largest absolute Gasteiger partial charge is 0.352 e. The lowest BCUT2D eigenvalue weighted by Gasteiger charge is -2.10. The molecule has 1 aromatic carbocycles. The van der Waals surface area contributed by atoms with Gasteiger partial charge in [0, 0.05) is 13.1 Å². The summed E-state index contributed by atoms with van der Waals surface area (Å²) in [4.78, 5) is 12.4. The zero-order valence-electron chi connectivity index (χ0n) is 14.9. The number of benzene rings is 1. The van der Waals surface area contributed by atoms with Gasteiger partial charge >= 0.3 is 0 Å². The fraction of sp³-hybridized carbons (Fsp3) is 0.400. The van der Waals surface area contributed by atoms with Crippen molar-refractivity contribution in [3.63, 3.8) is 0 Å². The lowest BCUT2D eigenvalue weighted by molar-refractivity contribution is 0.0953. The summed E-state index contributed by atoms with van der Waals surface area (Å²) >= 11 is 0. The minimum atomic E-state index is -0.0374. The van der Waals surface area contributed by atoms with Gasteiger partial charge in [-0.05, 0) is 29.9 Å². The van der Waals surface area contributed by atoms with Gasteiger partial charge in [0.25, 0.3) is 5.91 Å². The van der Waals surface area contributed by atoms with Crippen molar-refractivity contribution in [1.82, 2.24) is 15.1 Å². The van der Waals surface area contributed by atoms with Crippen LogP contribution in [-0.2, 0) is 19.4 Å². The Morgan fingerprint density at radius 1 is 1.33 bits per heavy atom. The number of hydrogen-bond acceptors (Lipinski definition) is 2. The summed E-state index contributed by atoms with van der Waals surface area (Å²) in [7, 11) is 0. The first-order valence-corrected chi connectivity index (χ1v) is 8.59. The smallest absolute Gasteiger partial charge is 0.254 e. The number of amides is 1. The standard InChI is InChI=1S/C20H27N3O/c1-5-16-7-9-17(10-8-16)11-12-21-20(24)18-13-22-23(14-15(3)4)19(18)6-2/h5,7-10,13,15H,1,6,11-12,14H2,2-4H3,(H,21,24). The van der Waals surface area contributed by atoms with Crippen LogP contribution in [0.1, 0.15) is 48.0 Å². The SMILES string of the molecule is C=Cc1ccc(CCNC(=O)c2cnn(CC(C)C)c2CC)cc1. The first-order chi connectivity index (χ1) is 11.5. The first kappa shape index (κ1) is 18.0. The third kappa shape index (κ3) is 4.57. The Morgan fingerprint density at radius 2 is 2.04 bits per heavy atom. The van der Waals surface area contributed by atoms with Gasteiger partial charge in [-0.1, -0.05) is 57.7 Å². The van der Waals surface area contributed by atoms with Crippen molar-refractivity contribution in [2.75, 3.05) is 6.54 Å². The van der Waals surface area contributed by atoms with E-state index in [1.54, 1.807) is 6.20 Å². The third-order valence-corrected chi connectivity index (χ3v) is 3.98. The van der Waals surface area contributed by atoms with E-state index in [1.807, 2.05) is 22.9 Å². The molecular formula is C20H27N3O. The highest BCUT2D eigenvalue weighted by Crippen LogP contribution is 2.12. The average Bonchev–Trinajstić information content (AvgIpc) is 2.97. The van der Waals surface area contributed by atoms with Crippen LogP contribution in [0.3, 0.4) is 0 Å². The maximum Gasteiger partial charge on any atom is 0.254 e. The molecule has 0 fully saturated rings. The average molecular weight is 325 g/mol. The zero-order chi connectivity index (χ0) is 17.5. The number of hydrogen-bond donors (Lipinski definition) is 1. The molecule has 128 valence electrons. The molecule has 1 N–H and O–H groups in total. The van der Waals surface area contributed by atoms with E-state index in [0.717, 1.165) is 30.6 Å². The first-order valence-electron chi connectivity index (χ1n) is 8.59. The molecule has 0 saturated carbocycles. The quantitative estimate of drug-likeness (QED) is 0.804. The van der Waals surface area contributed by atoms with Crippen molar-refractivity contribution >= 4 is 12.0 Å². The molecule has 4 nitrogen and oxygen atoms in total. The van der Waals surface area contributed by atoms with Crippen LogP contribution in [0.2, 0.25) is 0 Å².